The zero-order valence-corrected chi connectivity index (χ0v) is 13.0. The zero-order valence-electron chi connectivity index (χ0n) is 11.4. The Morgan fingerprint density at radius 3 is 2.60 bits per heavy atom. The van der Waals surface area contributed by atoms with Crippen LogP contribution >= 0.6 is 23.4 Å². The van der Waals surface area contributed by atoms with E-state index < -0.39 is 0 Å². The summed E-state index contributed by atoms with van der Waals surface area (Å²) in [6.45, 7) is 2.77. The molecular formula is C16H18ClNOS. The van der Waals surface area contributed by atoms with Crippen LogP contribution in [0.3, 0.4) is 0 Å². The summed E-state index contributed by atoms with van der Waals surface area (Å²) in [5.41, 5.74) is 8.09. The third-order valence-corrected chi connectivity index (χ3v) is 4.19. The van der Waals surface area contributed by atoms with Crippen LogP contribution in [0.1, 0.15) is 18.9 Å². The monoisotopic (exact) mass is 307 g/mol. The first-order valence-corrected chi connectivity index (χ1v) is 7.95. The van der Waals surface area contributed by atoms with Crippen molar-refractivity contribution in [3.63, 3.8) is 0 Å². The van der Waals surface area contributed by atoms with Gasteiger partial charge in [0.15, 0.2) is 0 Å². The lowest BCUT2D eigenvalue weighted by atomic mass is 10.2. The largest absolute Gasteiger partial charge is 0.491 e. The van der Waals surface area contributed by atoms with E-state index in [0.717, 1.165) is 33.5 Å². The number of benzene rings is 2. The summed E-state index contributed by atoms with van der Waals surface area (Å²) in [7, 11) is 0. The maximum Gasteiger partial charge on any atom is 0.143 e. The quantitative estimate of drug-likeness (QED) is 0.602. The second-order valence-electron chi connectivity index (χ2n) is 4.43. The van der Waals surface area contributed by atoms with Crippen molar-refractivity contribution in [1.82, 2.24) is 0 Å². The van der Waals surface area contributed by atoms with Crippen LogP contribution in [0, 0.1) is 0 Å². The molecule has 0 aliphatic carbocycles. The van der Waals surface area contributed by atoms with Gasteiger partial charge in [0.1, 0.15) is 5.75 Å². The Morgan fingerprint density at radius 2 is 1.90 bits per heavy atom. The molecule has 0 aliphatic rings. The van der Waals surface area contributed by atoms with Gasteiger partial charge in [0.2, 0.25) is 0 Å². The van der Waals surface area contributed by atoms with Crippen LogP contribution in [0.25, 0.3) is 0 Å². The highest BCUT2D eigenvalue weighted by Crippen LogP contribution is 2.34. The molecule has 0 fully saturated rings. The van der Waals surface area contributed by atoms with Gasteiger partial charge in [-0.3, -0.25) is 0 Å². The van der Waals surface area contributed by atoms with Crippen LogP contribution in [0.4, 0.5) is 5.69 Å². The molecule has 2 aromatic rings. The summed E-state index contributed by atoms with van der Waals surface area (Å²) >= 11 is 7.59. The molecular weight excluding hydrogens is 290 g/mol. The molecule has 0 spiro atoms. The summed E-state index contributed by atoms with van der Waals surface area (Å²) in [5, 5.41) is 0.758. The molecule has 0 saturated carbocycles. The van der Waals surface area contributed by atoms with E-state index in [2.05, 4.69) is 6.92 Å². The summed E-state index contributed by atoms with van der Waals surface area (Å²) < 4.78 is 5.64. The second kappa shape index (κ2) is 7.46. The molecule has 2 N–H and O–H groups in total. The lowest BCUT2D eigenvalue weighted by Crippen LogP contribution is -2.00. The second-order valence-corrected chi connectivity index (χ2v) is 5.89. The number of hydrogen-bond donors (Lipinski definition) is 1. The minimum absolute atomic E-state index is 0.690. The number of thioether (sulfide) groups is 1. The van der Waals surface area contributed by atoms with E-state index in [-0.39, 0.29) is 0 Å². The predicted molar refractivity (Wildman–Crippen MR) is 87.7 cm³/mol. The fourth-order valence-corrected chi connectivity index (χ4v) is 2.80. The molecule has 20 heavy (non-hydrogen) atoms. The molecule has 2 rings (SSSR count). The number of nitrogens with two attached hydrogens (primary N) is 1. The van der Waals surface area contributed by atoms with Crippen LogP contribution in [0.15, 0.2) is 47.4 Å². The molecule has 0 amide bonds. The Balaban J connectivity index is 2.03. The molecule has 0 saturated heterocycles. The smallest absolute Gasteiger partial charge is 0.143 e. The average Bonchev–Trinajstić information content (AvgIpc) is 2.47. The normalized spacial score (nSPS) is 10.5. The van der Waals surface area contributed by atoms with E-state index in [9.17, 15) is 0 Å². The fourth-order valence-electron chi connectivity index (χ4n) is 1.73. The first-order valence-electron chi connectivity index (χ1n) is 6.59. The fraction of sp³-hybridized carbons (Fsp3) is 0.250. The van der Waals surface area contributed by atoms with Gasteiger partial charge < -0.3 is 10.5 Å². The minimum atomic E-state index is 0.690. The van der Waals surface area contributed by atoms with Gasteiger partial charge in [0.25, 0.3) is 0 Å². The molecule has 0 aliphatic heterocycles. The van der Waals surface area contributed by atoms with Crippen molar-refractivity contribution in [2.24, 2.45) is 0 Å². The van der Waals surface area contributed by atoms with Gasteiger partial charge >= 0.3 is 0 Å². The van der Waals surface area contributed by atoms with Gasteiger partial charge in [0.05, 0.1) is 12.3 Å². The van der Waals surface area contributed by atoms with Crippen LogP contribution in [-0.2, 0) is 5.75 Å². The molecule has 0 bridgehead atoms. The number of rotatable bonds is 6. The number of hydrogen-bond acceptors (Lipinski definition) is 3. The van der Waals surface area contributed by atoms with E-state index in [4.69, 9.17) is 22.1 Å². The average molecular weight is 308 g/mol. The number of anilines is 1. The van der Waals surface area contributed by atoms with Crippen molar-refractivity contribution in [2.75, 3.05) is 12.3 Å². The number of halogens is 1. The van der Waals surface area contributed by atoms with Gasteiger partial charge in [-0.2, -0.15) is 0 Å². The third-order valence-electron chi connectivity index (χ3n) is 2.80. The highest BCUT2D eigenvalue weighted by Gasteiger charge is 2.06. The summed E-state index contributed by atoms with van der Waals surface area (Å²) in [6, 6.07) is 13.8. The van der Waals surface area contributed by atoms with E-state index in [1.165, 1.54) is 5.56 Å². The Kier molecular flexibility index (Phi) is 5.62. The van der Waals surface area contributed by atoms with Crippen molar-refractivity contribution < 1.29 is 4.74 Å². The third kappa shape index (κ3) is 4.09. The van der Waals surface area contributed by atoms with Gasteiger partial charge in [-0.05, 0) is 36.2 Å². The highest BCUT2D eigenvalue weighted by molar-refractivity contribution is 7.98. The molecule has 2 aromatic carbocycles. The van der Waals surface area contributed by atoms with Gasteiger partial charge in [-0.1, -0.05) is 36.7 Å². The van der Waals surface area contributed by atoms with Crippen LogP contribution in [-0.4, -0.2) is 6.61 Å². The Morgan fingerprint density at radius 1 is 1.15 bits per heavy atom. The first kappa shape index (κ1) is 15.1. The van der Waals surface area contributed by atoms with Crippen molar-refractivity contribution >= 4 is 29.1 Å². The van der Waals surface area contributed by atoms with Gasteiger partial charge in [-0.25, -0.2) is 0 Å². The molecule has 2 nitrogen and oxygen atoms in total. The van der Waals surface area contributed by atoms with Crippen molar-refractivity contribution in [3.05, 3.63) is 53.1 Å². The standard InChI is InChI=1S/C16H18ClNOS/c1-2-10-19-14-4-3-5-15(16(14)18)20-11-12-6-8-13(17)9-7-12/h3-9H,2,10-11,18H2,1H3. The molecule has 0 radical (unpaired) electrons. The molecule has 4 heteroatoms. The van der Waals surface area contributed by atoms with E-state index >= 15 is 0 Å². The number of para-hydroxylation sites is 1. The van der Waals surface area contributed by atoms with Crippen LogP contribution < -0.4 is 10.5 Å². The van der Waals surface area contributed by atoms with E-state index in [1.807, 2.05) is 42.5 Å². The first-order chi connectivity index (χ1) is 9.70. The zero-order chi connectivity index (χ0) is 14.4. The lowest BCUT2D eigenvalue weighted by Gasteiger charge is -2.11. The lowest BCUT2D eigenvalue weighted by molar-refractivity contribution is 0.318. The maximum atomic E-state index is 6.15. The van der Waals surface area contributed by atoms with Gasteiger partial charge in [0, 0.05) is 15.7 Å². The van der Waals surface area contributed by atoms with Crippen molar-refractivity contribution in [1.29, 1.82) is 0 Å². The van der Waals surface area contributed by atoms with E-state index in [0.29, 0.717) is 6.61 Å². The van der Waals surface area contributed by atoms with Crippen molar-refractivity contribution in [2.45, 2.75) is 24.0 Å². The molecule has 0 aromatic heterocycles. The Labute approximate surface area is 129 Å². The molecule has 0 unspecified atom stereocenters. The Bertz CT molecular complexity index is 557. The van der Waals surface area contributed by atoms with Gasteiger partial charge in [-0.15, -0.1) is 11.8 Å². The topological polar surface area (TPSA) is 35.2 Å². The van der Waals surface area contributed by atoms with Crippen molar-refractivity contribution in [3.8, 4) is 5.75 Å². The highest BCUT2D eigenvalue weighted by atomic mass is 35.5. The minimum Gasteiger partial charge on any atom is -0.491 e. The van der Waals surface area contributed by atoms with E-state index in [1.54, 1.807) is 11.8 Å². The summed E-state index contributed by atoms with van der Waals surface area (Å²) in [5.74, 6) is 1.63. The SMILES string of the molecule is CCCOc1cccc(SCc2ccc(Cl)cc2)c1N. The summed E-state index contributed by atoms with van der Waals surface area (Å²) in [4.78, 5) is 1.05. The molecule has 0 heterocycles. The molecule has 106 valence electrons. The summed E-state index contributed by atoms with van der Waals surface area (Å²) in [6.07, 6.45) is 0.974. The maximum absolute atomic E-state index is 6.15. The number of nitrogen functional groups attached to an aromatic ring is 1. The van der Waals surface area contributed by atoms with Crippen LogP contribution in [0.5, 0.6) is 5.75 Å². The Hall–Kier alpha value is -1.32. The number of ether oxygens (including phenoxy) is 1. The predicted octanol–water partition coefficient (Wildman–Crippen LogP) is 5.00. The molecule has 0 atom stereocenters. The van der Waals surface area contributed by atoms with Crippen LogP contribution in [0.2, 0.25) is 5.02 Å².